The van der Waals surface area contributed by atoms with Crippen LogP contribution < -0.4 is 5.73 Å². The molecule has 1 aliphatic heterocycles. The molecule has 0 aromatic rings. The molecule has 0 radical (unpaired) electrons. The van der Waals surface area contributed by atoms with Crippen molar-refractivity contribution in [2.24, 2.45) is 5.73 Å². The summed E-state index contributed by atoms with van der Waals surface area (Å²) in [5.74, 6) is 0. The van der Waals surface area contributed by atoms with Gasteiger partial charge in [-0.15, -0.1) is 0 Å². The molecule has 2 N–H and O–H groups in total. The van der Waals surface area contributed by atoms with Gasteiger partial charge < -0.3 is 10.5 Å². The van der Waals surface area contributed by atoms with Crippen molar-refractivity contribution in [3.63, 3.8) is 0 Å². The van der Waals surface area contributed by atoms with E-state index in [1.54, 1.807) is 0 Å². The molecule has 3 heteroatoms. The van der Waals surface area contributed by atoms with Crippen molar-refractivity contribution in [2.45, 2.75) is 38.1 Å². The monoisotopic (exact) mass is 184 g/mol. The molecule has 0 saturated carbocycles. The van der Waals surface area contributed by atoms with Gasteiger partial charge >= 0.3 is 0 Å². The fourth-order valence-corrected chi connectivity index (χ4v) is 1.92. The lowest BCUT2D eigenvalue weighted by atomic mass is 10.2. The Morgan fingerprint density at radius 1 is 1.38 bits per heavy atom. The summed E-state index contributed by atoms with van der Waals surface area (Å²) in [5, 5.41) is 0. The van der Waals surface area contributed by atoms with Crippen LogP contribution in [0.25, 0.3) is 0 Å². The van der Waals surface area contributed by atoms with Gasteiger partial charge in [-0.05, 0) is 45.3 Å². The Balaban J connectivity index is 2.09. The maximum Gasteiger partial charge on any atom is 0.137 e. The number of nitrogens with zero attached hydrogens (tertiary/aromatic N) is 1. The van der Waals surface area contributed by atoms with E-state index in [4.69, 9.17) is 5.73 Å². The van der Waals surface area contributed by atoms with E-state index in [0.717, 1.165) is 38.8 Å². The Morgan fingerprint density at radius 3 is 2.92 bits per heavy atom. The molecule has 0 unspecified atom stereocenters. The lowest BCUT2D eigenvalue weighted by molar-refractivity contribution is -0.111. The van der Waals surface area contributed by atoms with Crippen LogP contribution in [0.4, 0.5) is 0 Å². The number of rotatable bonds is 6. The highest BCUT2D eigenvalue weighted by molar-refractivity contribution is 5.58. The first-order valence-electron chi connectivity index (χ1n) is 5.28. The van der Waals surface area contributed by atoms with E-state index in [1.165, 1.54) is 19.3 Å². The molecule has 0 amide bonds. The van der Waals surface area contributed by atoms with Crippen LogP contribution in [-0.2, 0) is 4.79 Å². The van der Waals surface area contributed by atoms with Crippen LogP contribution in [0.3, 0.4) is 0 Å². The Morgan fingerprint density at radius 2 is 2.23 bits per heavy atom. The average Bonchev–Trinajstić information content (AvgIpc) is 2.60. The second kappa shape index (κ2) is 6.11. The quantitative estimate of drug-likeness (QED) is 0.490. The predicted molar refractivity (Wildman–Crippen MR) is 53.6 cm³/mol. The van der Waals surface area contributed by atoms with E-state index < -0.39 is 0 Å². The van der Waals surface area contributed by atoms with Gasteiger partial charge in [0, 0.05) is 0 Å². The standard InChI is InChI=1S/C10H20N2O/c11-6-2-1-3-7-12-8-4-5-10(12)9-13/h9-10H,1-8,11H2/t10-/m0/s1. The third kappa shape index (κ3) is 3.44. The molecule has 0 aromatic heterocycles. The number of unbranched alkanes of at least 4 members (excludes halogenated alkanes) is 2. The minimum atomic E-state index is 0.206. The first kappa shape index (κ1) is 10.7. The van der Waals surface area contributed by atoms with E-state index >= 15 is 0 Å². The highest BCUT2D eigenvalue weighted by Crippen LogP contribution is 2.15. The molecule has 1 fully saturated rings. The molecule has 0 spiro atoms. The molecule has 0 aliphatic carbocycles. The zero-order valence-corrected chi connectivity index (χ0v) is 8.24. The number of carbonyl (C=O) groups excluding carboxylic acids is 1. The molecule has 76 valence electrons. The highest BCUT2D eigenvalue weighted by atomic mass is 16.1. The number of aldehydes is 1. The second-order valence-electron chi connectivity index (χ2n) is 3.73. The lowest BCUT2D eigenvalue weighted by Crippen LogP contribution is -2.31. The number of carbonyl (C=O) groups is 1. The van der Waals surface area contributed by atoms with Gasteiger partial charge in [-0.1, -0.05) is 6.42 Å². The van der Waals surface area contributed by atoms with E-state index in [2.05, 4.69) is 4.90 Å². The highest BCUT2D eigenvalue weighted by Gasteiger charge is 2.22. The first-order chi connectivity index (χ1) is 6.38. The van der Waals surface area contributed by atoms with Gasteiger partial charge in [0.2, 0.25) is 0 Å². The normalized spacial score (nSPS) is 23.6. The molecule has 3 nitrogen and oxygen atoms in total. The fraction of sp³-hybridized carbons (Fsp3) is 0.900. The number of likely N-dealkylation sites (tertiary alicyclic amines) is 1. The van der Waals surface area contributed by atoms with E-state index in [0.29, 0.717) is 0 Å². The number of hydrogen-bond acceptors (Lipinski definition) is 3. The summed E-state index contributed by atoms with van der Waals surface area (Å²) in [5.41, 5.74) is 5.41. The predicted octanol–water partition coefficient (Wildman–Crippen LogP) is 0.779. The molecule has 1 atom stereocenters. The molecule has 1 rings (SSSR count). The van der Waals surface area contributed by atoms with Crippen molar-refractivity contribution in [3.05, 3.63) is 0 Å². The average molecular weight is 184 g/mol. The zero-order chi connectivity index (χ0) is 9.52. The van der Waals surface area contributed by atoms with Crippen molar-refractivity contribution in [2.75, 3.05) is 19.6 Å². The topological polar surface area (TPSA) is 46.3 Å². The summed E-state index contributed by atoms with van der Waals surface area (Å²) in [6.07, 6.45) is 6.82. The van der Waals surface area contributed by atoms with E-state index in [-0.39, 0.29) is 6.04 Å². The summed E-state index contributed by atoms with van der Waals surface area (Å²) >= 11 is 0. The minimum absolute atomic E-state index is 0.206. The largest absolute Gasteiger partial charge is 0.330 e. The van der Waals surface area contributed by atoms with Crippen LogP contribution in [0, 0.1) is 0 Å². The van der Waals surface area contributed by atoms with Crippen LogP contribution in [0.5, 0.6) is 0 Å². The molecule has 13 heavy (non-hydrogen) atoms. The van der Waals surface area contributed by atoms with Gasteiger partial charge in [-0.2, -0.15) is 0 Å². The smallest absolute Gasteiger partial charge is 0.137 e. The molecular weight excluding hydrogens is 164 g/mol. The summed E-state index contributed by atoms with van der Waals surface area (Å²) < 4.78 is 0. The van der Waals surface area contributed by atoms with E-state index in [9.17, 15) is 4.79 Å². The lowest BCUT2D eigenvalue weighted by Gasteiger charge is -2.19. The third-order valence-corrected chi connectivity index (χ3v) is 2.72. The third-order valence-electron chi connectivity index (χ3n) is 2.72. The van der Waals surface area contributed by atoms with Gasteiger partial charge in [-0.25, -0.2) is 0 Å². The Hall–Kier alpha value is -0.410. The summed E-state index contributed by atoms with van der Waals surface area (Å²) in [4.78, 5) is 12.9. The van der Waals surface area contributed by atoms with Crippen molar-refractivity contribution < 1.29 is 4.79 Å². The van der Waals surface area contributed by atoms with Crippen LogP contribution in [0.2, 0.25) is 0 Å². The molecule has 1 heterocycles. The molecule has 0 bridgehead atoms. The summed E-state index contributed by atoms with van der Waals surface area (Å²) in [6.45, 7) is 2.96. The molecule has 1 aliphatic rings. The zero-order valence-electron chi connectivity index (χ0n) is 8.24. The Kier molecular flexibility index (Phi) is 5.01. The minimum Gasteiger partial charge on any atom is -0.330 e. The van der Waals surface area contributed by atoms with Gasteiger partial charge in [0.1, 0.15) is 6.29 Å². The fourth-order valence-electron chi connectivity index (χ4n) is 1.92. The Labute approximate surface area is 80.3 Å². The van der Waals surface area contributed by atoms with Gasteiger partial charge in [0.15, 0.2) is 0 Å². The second-order valence-corrected chi connectivity index (χ2v) is 3.73. The van der Waals surface area contributed by atoms with Crippen molar-refractivity contribution in [1.82, 2.24) is 4.90 Å². The molecular formula is C10H20N2O. The van der Waals surface area contributed by atoms with Crippen LogP contribution in [-0.4, -0.2) is 36.9 Å². The molecule has 0 aromatic carbocycles. The maximum absolute atomic E-state index is 10.6. The van der Waals surface area contributed by atoms with Gasteiger partial charge in [-0.3, -0.25) is 4.90 Å². The van der Waals surface area contributed by atoms with Gasteiger partial charge in [0.25, 0.3) is 0 Å². The number of nitrogens with two attached hydrogens (primary N) is 1. The molecule has 1 saturated heterocycles. The van der Waals surface area contributed by atoms with Crippen molar-refractivity contribution in [1.29, 1.82) is 0 Å². The first-order valence-corrected chi connectivity index (χ1v) is 5.28. The van der Waals surface area contributed by atoms with Crippen LogP contribution in [0.1, 0.15) is 32.1 Å². The van der Waals surface area contributed by atoms with Crippen LogP contribution >= 0.6 is 0 Å². The summed E-state index contributed by atoms with van der Waals surface area (Å²) in [7, 11) is 0. The SMILES string of the molecule is NCCCCCN1CCC[C@H]1C=O. The Bertz CT molecular complexity index is 150. The van der Waals surface area contributed by atoms with Crippen molar-refractivity contribution >= 4 is 6.29 Å². The maximum atomic E-state index is 10.6. The van der Waals surface area contributed by atoms with Crippen LogP contribution in [0.15, 0.2) is 0 Å². The summed E-state index contributed by atoms with van der Waals surface area (Å²) in [6, 6.07) is 0.206. The van der Waals surface area contributed by atoms with Crippen molar-refractivity contribution in [3.8, 4) is 0 Å². The van der Waals surface area contributed by atoms with E-state index in [1.807, 2.05) is 0 Å². The number of hydrogen-bond donors (Lipinski definition) is 1. The van der Waals surface area contributed by atoms with Gasteiger partial charge in [0.05, 0.1) is 6.04 Å².